The zero-order valence-corrected chi connectivity index (χ0v) is 5.98. The van der Waals surface area contributed by atoms with E-state index in [-0.39, 0.29) is 6.54 Å². The monoisotopic (exact) mass is 129 g/mol. The van der Waals surface area contributed by atoms with Gasteiger partial charge in [-0.25, -0.2) is 0 Å². The summed E-state index contributed by atoms with van der Waals surface area (Å²) in [6, 6.07) is 0. The number of hydrogen-bond acceptors (Lipinski definition) is 2. The van der Waals surface area contributed by atoms with Crippen LogP contribution in [0, 0.1) is 0 Å². The van der Waals surface area contributed by atoms with Crippen molar-refractivity contribution in [3.63, 3.8) is 0 Å². The molecule has 0 atom stereocenters. The number of nitrogens with one attached hydrogen (secondary N) is 1. The second-order valence-corrected chi connectivity index (χ2v) is 1.88. The van der Waals surface area contributed by atoms with Gasteiger partial charge in [-0.05, 0) is 13.1 Å². The number of likely N-dealkylation sites (N-methyl/N-ethyl adjacent to an activating group) is 1. The average Bonchev–Trinajstić information content (AvgIpc) is 1.82. The third kappa shape index (κ3) is 3.97. The van der Waals surface area contributed by atoms with Gasteiger partial charge < -0.3 is 0 Å². The van der Waals surface area contributed by atoms with Crippen molar-refractivity contribution in [3.8, 4) is 0 Å². The van der Waals surface area contributed by atoms with Crippen molar-refractivity contribution in [2.24, 2.45) is 0 Å². The Balaban J connectivity index is 3.43. The van der Waals surface area contributed by atoms with Gasteiger partial charge in [0.05, 0.1) is 6.54 Å². The first-order valence-electron chi connectivity index (χ1n) is 3.17. The normalized spacial score (nSPS) is 10.1. The molecular weight excluding hydrogens is 116 g/mol. The summed E-state index contributed by atoms with van der Waals surface area (Å²) < 4.78 is 0. The minimum atomic E-state index is -0.501. The molecule has 3 nitrogen and oxygen atoms in total. The predicted octanol–water partition coefficient (Wildman–Crippen LogP) is 0.138. The van der Waals surface area contributed by atoms with Crippen LogP contribution in [-0.4, -0.2) is 30.4 Å². The highest BCUT2D eigenvalue weighted by Crippen LogP contribution is 1.83. The summed E-state index contributed by atoms with van der Waals surface area (Å²) in [4.78, 5) is 12.1. The van der Waals surface area contributed by atoms with Crippen LogP contribution < -0.4 is 5.73 Å². The van der Waals surface area contributed by atoms with Crippen LogP contribution in [0.25, 0.3) is 0 Å². The lowest BCUT2D eigenvalue weighted by Crippen LogP contribution is -2.29. The van der Waals surface area contributed by atoms with Gasteiger partial charge in [0.2, 0.25) is 0 Å². The molecule has 1 radical (unpaired) electrons. The van der Waals surface area contributed by atoms with E-state index in [0.717, 1.165) is 13.1 Å². The second kappa shape index (κ2) is 4.32. The molecule has 0 spiro atoms. The minimum absolute atomic E-state index is 0.271. The van der Waals surface area contributed by atoms with Crippen LogP contribution in [0.15, 0.2) is 0 Å². The van der Waals surface area contributed by atoms with E-state index in [4.69, 9.17) is 5.73 Å². The van der Waals surface area contributed by atoms with Crippen molar-refractivity contribution < 1.29 is 4.79 Å². The Morgan fingerprint density at radius 2 is 1.89 bits per heavy atom. The van der Waals surface area contributed by atoms with Gasteiger partial charge in [0, 0.05) is 0 Å². The highest BCUT2D eigenvalue weighted by atomic mass is 16.1. The molecule has 0 aliphatic rings. The molecule has 9 heavy (non-hydrogen) atoms. The third-order valence-corrected chi connectivity index (χ3v) is 1.26. The first-order chi connectivity index (χ1) is 4.20. The molecule has 0 saturated heterocycles. The number of hydrogen-bond donors (Lipinski definition) is 0. The maximum absolute atomic E-state index is 10.2. The van der Waals surface area contributed by atoms with E-state index in [2.05, 4.69) is 0 Å². The van der Waals surface area contributed by atoms with Crippen molar-refractivity contribution >= 4 is 5.91 Å². The smallest absolute Gasteiger partial charge is 0.252 e. The summed E-state index contributed by atoms with van der Waals surface area (Å²) in [5, 5.41) is 0. The van der Waals surface area contributed by atoms with Gasteiger partial charge in [-0.2, -0.15) is 0 Å². The number of amides is 1. The standard InChI is InChI=1S/C6H13N2O/c1-3-8(4-2)5-6(7)9/h7H,3-5H2,1-2H3. The van der Waals surface area contributed by atoms with E-state index in [1.807, 2.05) is 18.7 Å². The Morgan fingerprint density at radius 1 is 1.44 bits per heavy atom. The van der Waals surface area contributed by atoms with Gasteiger partial charge >= 0.3 is 0 Å². The van der Waals surface area contributed by atoms with Gasteiger partial charge in [-0.3, -0.25) is 15.4 Å². The fourth-order valence-corrected chi connectivity index (χ4v) is 0.650. The molecule has 0 saturated carbocycles. The number of carbonyl (C=O) groups is 1. The molecule has 0 bridgehead atoms. The average molecular weight is 129 g/mol. The number of nitrogens with zero attached hydrogens (tertiary/aromatic N) is 1. The van der Waals surface area contributed by atoms with E-state index < -0.39 is 5.91 Å². The molecule has 0 unspecified atom stereocenters. The molecule has 0 aliphatic heterocycles. The summed E-state index contributed by atoms with van der Waals surface area (Å²) in [7, 11) is 0. The number of rotatable bonds is 4. The van der Waals surface area contributed by atoms with Crippen molar-refractivity contribution in [3.05, 3.63) is 0 Å². The minimum Gasteiger partial charge on any atom is -0.295 e. The number of carbonyl (C=O) groups excluding carboxylic acids is 1. The van der Waals surface area contributed by atoms with Crippen LogP contribution in [0.2, 0.25) is 0 Å². The van der Waals surface area contributed by atoms with Gasteiger partial charge in [0.25, 0.3) is 5.91 Å². The molecule has 0 rings (SSSR count). The largest absolute Gasteiger partial charge is 0.295 e. The Kier molecular flexibility index (Phi) is 4.05. The zero-order chi connectivity index (χ0) is 7.28. The fraction of sp³-hybridized carbons (Fsp3) is 0.833. The Morgan fingerprint density at radius 3 is 2.00 bits per heavy atom. The summed E-state index contributed by atoms with van der Waals surface area (Å²) in [5.41, 5.74) is 6.63. The van der Waals surface area contributed by atoms with Crippen LogP contribution in [0.4, 0.5) is 0 Å². The van der Waals surface area contributed by atoms with Crippen LogP contribution in [0.5, 0.6) is 0 Å². The summed E-state index contributed by atoms with van der Waals surface area (Å²) in [6.07, 6.45) is 0. The van der Waals surface area contributed by atoms with Crippen LogP contribution in [0.3, 0.4) is 0 Å². The Labute approximate surface area is 55.8 Å². The molecule has 3 heteroatoms. The molecule has 0 aromatic rings. The topological polar surface area (TPSA) is 44.1 Å². The summed E-state index contributed by atoms with van der Waals surface area (Å²) in [5.74, 6) is -0.501. The molecule has 0 heterocycles. The maximum atomic E-state index is 10.2. The highest BCUT2D eigenvalue weighted by Gasteiger charge is 2.01. The lowest BCUT2D eigenvalue weighted by molar-refractivity contribution is -0.119. The molecule has 1 N–H and O–H groups in total. The van der Waals surface area contributed by atoms with Crippen LogP contribution >= 0.6 is 0 Å². The van der Waals surface area contributed by atoms with E-state index in [1.54, 1.807) is 0 Å². The van der Waals surface area contributed by atoms with Gasteiger partial charge in [0.15, 0.2) is 0 Å². The Hall–Kier alpha value is -0.570. The first kappa shape index (κ1) is 8.43. The predicted molar refractivity (Wildman–Crippen MR) is 35.9 cm³/mol. The zero-order valence-electron chi connectivity index (χ0n) is 5.98. The van der Waals surface area contributed by atoms with Crippen LogP contribution in [-0.2, 0) is 4.79 Å². The van der Waals surface area contributed by atoms with Crippen molar-refractivity contribution in [2.45, 2.75) is 13.8 Å². The second-order valence-electron chi connectivity index (χ2n) is 1.88. The lowest BCUT2D eigenvalue weighted by Gasteiger charge is -2.14. The van der Waals surface area contributed by atoms with Crippen molar-refractivity contribution in [1.29, 1.82) is 0 Å². The van der Waals surface area contributed by atoms with Crippen molar-refractivity contribution in [2.75, 3.05) is 19.6 Å². The molecule has 1 amide bonds. The maximum Gasteiger partial charge on any atom is 0.252 e. The quantitative estimate of drug-likeness (QED) is 0.542. The first-order valence-corrected chi connectivity index (χ1v) is 3.17. The molecular formula is C6H13N2O. The molecule has 53 valence electrons. The summed E-state index contributed by atoms with van der Waals surface area (Å²) >= 11 is 0. The Bertz CT molecular complexity index is 89.1. The van der Waals surface area contributed by atoms with Gasteiger partial charge in [0.1, 0.15) is 0 Å². The molecule has 0 aliphatic carbocycles. The van der Waals surface area contributed by atoms with E-state index in [0.29, 0.717) is 0 Å². The van der Waals surface area contributed by atoms with E-state index in [9.17, 15) is 4.79 Å². The molecule has 0 aromatic carbocycles. The molecule has 0 fully saturated rings. The van der Waals surface area contributed by atoms with E-state index in [1.165, 1.54) is 0 Å². The summed E-state index contributed by atoms with van der Waals surface area (Å²) in [6.45, 7) is 5.92. The third-order valence-electron chi connectivity index (χ3n) is 1.26. The lowest BCUT2D eigenvalue weighted by atomic mass is 10.5. The molecule has 0 aromatic heterocycles. The van der Waals surface area contributed by atoms with Gasteiger partial charge in [-0.1, -0.05) is 13.8 Å². The van der Waals surface area contributed by atoms with Crippen molar-refractivity contribution in [1.82, 2.24) is 10.6 Å². The fourth-order valence-electron chi connectivity index (χ4n) is 0.650. The SMILES string of the molecule is CCN(CC)CC([NH])=O. The highest BCUT2D eigenvalue weighted by molar-refractivity contribution is 5.75. The van der Waals surface area contributed by atoms with Gasteiger partial charge in [-0.15, -0.1) is 0 Å². The van der Waals surface area contributed by atoms with Crippen LogP contribution in [0.1, 0.15) is 13.8 Å². The van der Waals surface area contributed by atoms with E-state index >= 15 is 0 Å².